The summed E-state index contributed by atoms with van der Waals surface area (Å²) in [5, 5.41) is 13.0. The van der Waals surface area contributed by atoms with Crippen molar-refractivity contribution >= 4 is 21.8 Å². The average molecular weight is 637 g/mol. The molecule has 2 nitrogen and oxygen atoms in total. The molecule has 12 rings (SSSR count). The molecule has 4 aliphatic rings. The molecule has 0 saturated heterocycles. The van der Waals surface area contributed by atoms with Crippen LogP contribution in [0.15, 0.2) is 146 Å². The van der Waals surface area contributed by atoms with E-state index < -0.39 is 0 Å². The van der Waals surface area contributed by atoms with Crippen LogP contribution in [0.5, 0.6) is 0 Å². The summed E-state index contributed by atoms with van der Waals surface area (Å²) in [7, 11) is 0. The Morgan fingerprint density at radius 2 is 1.18 bits per heavy atom. The fourth-order valence-electron chi connectivity index (χ4n) is 9.89. The standard InChI is InChI=1S/C48H32N2/c1-48(2)40-20-9-7-14-32(40)38-25-39-33-15-8-10-21-42(33)50(43(39)26-41(38)48)30-13-11-12-28(24-30)31-23-22-29(27-49)44-45-34-16-3-5-18-36(34)46(47(31)44)37-19-6-4-17-35(37)45/h3-26,45-46H,1-2H3. The summed E-state index contributed by atoms with van der Waals surface area (Å²) in [6, 6.07) is 56.2. The van der Waals surface area contributed by atoms with Gasteiger partial charge in [0.25, 0.3) is 0 Å². The zero-order valence-corrected chi connectivity index (χ0v) is 27.9. The summed E-state index contributed by atoms with van der Waals surface area (Å²) < 4.78 is 2.46. The van der Waals surface area contributed by atoms with Crippen LogP contribution >= 0.6 is 0 Å². The molecule has 1 heterocycles. The van der Waals surface area contributed by atoms with Crippen LogP contribution in [0.2, 0.25) is 0 Å². The Kier molecular flexibility index (Phi) is 5.39. The van der Waals surface area contributed by atoms with Gasteiger partial charge in [0, 0.05) is 33.7 Å². The number of rotatable bonds is 2. The number of nitriles is 1. The smallest absolute Gasteiger partial charge is 0.0994 e. The fraction of sp³-hybridized carbons (Fsp3) is 0.104. The summed E-state index contributed by atoms with van der Waals surface area (Å²) in [5.74, 6) is 0.126. The Hall–Kier alpha value is -6.17. The molecule has 0 saturated carbocycles. The Bertz CT molecular complexity index is 2770. The van der Waals surface area contributed by atoms with Crippen LogP contribution in [0.4, 0.5) is 0 Å². The predicted octanol–water partition coefficient (Wildman–Crippen LogP) is 11.6. The second-order valence-corrected chi connectivity index (χ2v) is 14.7. The molecule has 0 fully saturated rings. The van der Waals surface area contributed by atoms with Gasteiger partial charge in [-0.15, -0.1) is 0 Å². The first-order valence-electron chi connectivity index (χ1n) is 17.6. The zero-order chi connectivity index (χ0) is 33.3. The first-order chi connectivity index (χ1) is 24.5. The molecule has 0 N–H and O–H groups in total. The largest absolute Gasteiger partial charge is 0.309 e. The Balaban J connectivity index is 1.16. The number of aromatic nitrogens is 1. The number of fused-ring (bicyclic) bond motifs is 6. The molecule has 4 aliphatic carbocycles. The third-order valence-electron chi connectivity index (χ3n) is 12.0. The second-order valence-electron chi connectivity index (χ2n) is 14.7. The van der Waals surface area contributed by atoms with Crippen LogP contribution in [0.25, 0.3) is 49.7 Å². The van der Waals surface area contributed by atoms with E-state index in [1.807, 2.05) is 0 Å². The van der Waals surface area contributed by atoms with Crippen molar-refractivity contribution in [2.75, 3.05) is 0 Å². The topological polar surface area (TPSA) is 28.7 Å². The summed E-state index contributed by atoms with van der Waals surface area (Å²) in [4.78, 5) is 0. The molecular formula is C48H32N2. The van der Waals surface area contributed by atoms with E-state index in [0.29, 0.717) is 0 Å². The summed E-state index contributed by atoms with van der Waals surface area (Å²) >= 11 is 0. The van der Waals surface area contributed by atoms with Gasteiger partial charge in [0.15, 0.2) is 0 Å². The van der Waals surface area contributed by atoms with Crippen molar-refractivity contribution in [1.29, 1.82) is 5.26 Å². The quantitative estimate of drug-likeness (QED) is 0.186. The van der Waals surface area contributed by atoms with E-state index in [1.54, 1.807) is 0 Å². The van der Waals surface area contributed by atoms with Crippen LogP contribution in [0.3, 0.4) is 0 Å². The van der Waals surface area contributed by atoms with Crippen molar-refractivity contribution in [3.63, 3.8) is 0 Å². The summed E-state index contributed by atoms with van der Waals surface area (Å²) in [5.41, 5.74) is 19.9. The molecule has 8 aromatic rings. The molecule has 0 atom stereocenters. The van der Waals surface area contributed by atoms with Crippen molar-refractivity contribution < 1.29 is 0 Å². The number of hydrogen-bond acceptors (Lipinski definition) is 1. The van der Waals surface area contributed by atoms with Gasteiger partial charge in [-0.25, -0.2) is 0 Å². The molecule has 0 unspecified atom stereocenters. The van der Waals surface area contributed by atoms with Crippen LogP contribution in [-0.2, 0) is 5.41 Å². The average Bonchev–Trinajstić information content (AvgIpc) is 3.61. The van der Waals surface area contributed by atoms with Crippen molar-refractivity contribution in [2.45, 2.75) is 31.1 Å². The van der Waals surface area contributed by atoms with Crippen LogP contribution < -0.4 is 0 Å². The van der Waals surface area contributed by atoms with E-state index in [0.717, 1.165) is 11.3 Å². The fourth-order valence-corrected chi connectivity index (χ4v) is 9.89. The van der Waals surface area contributed by atoms with Gasteiger partial charge in [0.2, 0.25) is 0 Å². The lowest BCUT2D eigenvalue weighted by atomic mass is 9.59. The molecular weight excluding hydrogens is 605 g/mol. The van der Waals surface area contributed by atoms with E-state index >= 15 is 0 Å². The van der Waals surface area contributed by atoms with Gasteiger partial charge in [-0.2, -0.15) is 5.26 Å². The lowest BCUT2D eigenvalue weighted by Gasteiger charge is -2.43. The van der Waals surface area contributed by atoms with Gasteiger partial charge < -0.3 is 4.57 Å². The highest BCUT2D eigenvalue weighted by molar-refractivity contribution is 6.11. The SMILES string of the molecule is CC1(C)c2ccccc2-c2cc3c4ccccc4n(-c4cccc(-c5ccc(C#N)c6c5C5c7ccccc7C6c6ccccc65)c4)c3cc21. The van der Waals surface area contributed by atoms with E-state index in [2.05, 4.69) is 170 Å². The van der Waals surface area contributed by atoms with Crippen molar-refractivity contribution in [3.8, 4) is 34.0 Å². The van der Waals surface area contributed by atoms with Gasteiger partial charge in [-0.1, -0.05) is 123 Å². The first kappa shape index (κ1) is 27.7. The maximum absolute atomic E-state index is 10.5. The van der Waals surface area contributed by atoms with E-state index in [1.165, 1.54) is 88.6 Å². The van der Waals surface area contributed by atoms with Gasteiger partial charge >= 0.3 is 0 Å². The minimum absolute atomic E-state index is 0.0482. The lowest BCUT2D eigenvalue weighted by molar-refractivity contribution is 0.661. The highest BCUT2D eigenvalue weighted by Crippen LogP contribution is 2.58. The van der Waals surface area contributed by atoms with Crippen LogP contribution in [-0.4, -0.2) is 4.57 Å². The molecule has 50 heavy (non-hydrogen) atoms. The van der Waals surface area contributed by atoms with Crippen LogP contribution in [0, 0.1) is 11.3 Å². The van der Waals surface area contributed by atoms with E-state index in [4.69, 9.17) is 0 Å². The summed E-state index contributed by atoms with van der Waals surface area (Å²) in [6.45, 7) is 4.71. The monoisotopic (exact) mass is 636 g/mol. The molecule has 2 heteroatoms. The highest BCUT2D eigenvalue weighted by atomic mass is 15.0. The van der Waals surface area contributed by atoms with Gasteiger partial charge in [0.05, 0.1) is 22.7 Å². The number of nitrogens with zero attached hydrogens (tertiary/aromatic N) is 2. The number of hydrogen-bond donors (Lipinski definition) is 0. The minimum Gasteiger partial charge on any atom is -0.309 e. The molecule has 234 valence electrons. The van der Waals surface area contributed by atoms with E-state index in [-0.39, 0.29) is 17.3 Å². The Morgan fingerprint density at radius 1 is 0.520 bits per heavy atom. The predicted molar refractivity (Wildman–Crippen MR) is 203 cm³/mol. The normalized spacial score (nSPS) is 17.1. The zero-order valence-electron chi connectivity index (χ0n) is 27.9. The lowest BCUT2D eigenvalue weighted by Crippen LogP contribution is -2.29. The van der Waals surface area contributed by atoms with Crippen molar-refractivity contribution in [2.24, 2.45) is 0 Å². The minimum atomic E-state index is -0.0866. The van der Waals surface area contributed by atoms with Crippen molar-refractivity contribution in [3.05, 3.63) is 196 Å². The highest BCUT2D eigenvalue weighted by Gasteiger charge is 2.44. The molecule has 2 bridgehead atoms. The number of para-hydroxylation sites is 1. The first-order valence-corrected chi connectivity index (χ1v) is 17.6. The third kappa shape index (κ3) is 3.42. The van der Waals surface area contributed by atoms with Gasteiger partial charge in [-0.05, 0) is 103 Å². The van der Waals surface area contributed by atoms with Gasteiger partial charge in [0.1, 0.15) is 0 Å². The molecule has 1 aromatic heterocycles. The van der Waals surface area contributed by atoms with E-state index in [9.17, 15) is 5.26 Å². The molecule has 0 amide bonds. The Labute approximate surface area is 291 Å². The molecule has 0 radical (unpaired) electrons. The molecule has 7 aromatic carbocycles. The second kappa shape index (κ2) is 9.71. The maximum atomic E-state index is 10.5. The maximum Gasteiger partial charge on any atom is 0.0994 e. The van der Waals surface area contributed by atoms with Gasteiger partial charge in [-0.3, -0.25) is 0 Å². The molecule has 0 aliphatic heterocycles. The Morgan fingerprint density at radius 3 is 1.92 bits per heavy atom. The summed E-state index contributed by atoms with van der Waals surface area (Å²) in [6.07, 6.45) is 0. The van der Waals surface area contributed by atoms with Crippen LogP contribution in [0.1, 0.15) is 75.8 Å². The number of benzene rings is 7. The molecule has 0 spiro atoms. The third-order valence-corrected chi connectivity index (χ3v) is 12.0. The van der Waals surface area contributed by atoms with Crippen molar-refractivity contribution in [1.82, 2.24) is 4.57 Å².